The van der Waals surface area contributed by atoms with E-state index in [0.717, 1.165) is 16.9 Å². The van der Waals surface area contributed by atoms with Crippen molar-refractivity contribution >= 4 is 11.6 Å². The number of hydrogen-bond donors (Lipinski definition) is 0. The number of nitriles is 1. The highest BCUT2D eigenvalue weighted by Gasteiger charge is 2.03. The monoisotopic (exact) mass is 209 g/mol. The number of aryl methyl sites for hydroxylation is 1. The molecule has 0 atom stereocenters. The van der Waals surface area contributed by atoms with Gasteiger partial charge in [0.05, 0.1) is 17.9 Å². The van der Waals surface area contributed by atoms with Gasteiger partial charge in [-0.1, -0.05) is 30.3 Å². The summed E-state index contributed by atoms with van der Waals surface area (Å²) in [6.07, 6.45) is 3.39. The van der Waals surface area contributed by atoms with Crippen LogP contribution in [0.1, 0.15) is 16.9 Å². The van der Waals surface area contributed by atoms with Gasteiger partial charge in [-0.3, -0.25) is 0 Å². The maximum Gasteiger partial charge on any atom is 0.130 e. The molecule has 1 heterocycles. The molecule has 1 aromatic heterocycles. The van der Waals surface area contributed by atoms with Gasteiger partial charge in [0.1, 0.15) is 5.76 Å². The lowest BCUT2D eigenvalue weighted by Crippen LogP contribution is -1.81. The maximum absolute atomic E-state index is 9.11. The third-order valence-electron chi connectivity index (χ3n) is 2.38. The summed E-state index contributed by atoms with van der Waals surface area (Å²) in [5.41, 5.74) is 2.54. The van der Waals surface area contributed by atoms with Crippen LogP contribution in [0.2, 0.25) is 0 Å². The van der Waals surface area contributed by atoms with E-state index in [1.54, 1.807) is 12.3 Å². The molecule has 0 spiro atoms. The van der Waals surface area contributed by atoms with Gasteiger partial charge < -0.3 is 4.42 Å². The van der Waals surface area contributed by atoms with Crippen molar-refractivity contribution in [3.05, 3.63) is 59.5 Å². The highest BCUT2D eigenvalue weighted by atomic mass is 16.3. The van der Waals surface area contributed by atoms with E-state index in [1.165, 1.54) is 0 Å². The maximum atomic E-state index is 9.11. The molecule has 0 unspecified atom stereocenters. The third-order valence-corrected chi connectivity index (χ3v) is 2.38. The Morgan fingerprint density at radius 1 is 1.25 bits per heavy atom. The van der Waals surface area contributed by atoms with E-state index in [9.17, 15) is 0 Å². The molecule has 1 aromatic carbocycles. The van der Waals surface area contributed by atoms with E-state index in [2.05, 4.69) is 6.07 Å². The Kier molecular flexibility index (Phi) is 2.88. The van der Waals surface area contributed by atoms with Gasteiger partial charge in [0.2, 0.25) is 0 Å². The van der Waals surface area contributed by atoms with Crippen LogP contribution in [0.5, 0.6) is 0 Å². The zero-order chi connectivity index (χ0) is 11.4. The van der Waals surface area contributed by atoms with Crippen LogP contribution in [-0.2, 0) is 0 Å². The topological polar surface area (TPSA) is 36.9 Å². The van der Waals surface area contributed by atoms with Crippen LogP contribution >= 0.6 is 0 Å². The minimum Gasteiger partial charge on any atom is -0.465 e. The van der Waals surface area contributed by atoms with Crippen LogP contribution in [0.25, 0.3) is 11.6 Å². The molecule has 2 aromatic rings. The van der Waals surface area contributed by atoms with E-state index < -0.39 is 0 Å². The first-order valence-corrected chi connectivity index (χ1v) is 5.02. The Morgan fingerprint density at radius 3 is 2.56 bits per heavy atom. The van der Waals surface area contributed by atoms with Crippen LogP contribution in [-0.4, -0.2) is 0 Å². The Morgan fingerprint density at radius 2 is 2.00 bits per heavy atom. The number of nitrogens with zero attached hydrogens (tertiary/aromatic N) is 1. The fraction of sp³-hybridized carbons (Fsp3) is 0.0714. The first-order valence-electron chi connectivity index (χ1n) is 5.02. The first-order chi connectivity index (χ1) is 7.81. The molecule has 16 heavy (non-hydrogen) atoms. The van der Waals surface area contributed by atoms with Crippen LogP contribution in [0.15, 0.2) is 47.1 Å². The van der Waals surface area contributed by atoms with Crippen LogP contribution in [0, 0.1) is 18.3 Å². The molecule has 0 bridgehead atoms. The van der Waals surface area contributed by atoms with Crippen LogP contribution in [0.4, 0.5) is 0 Å². The van der Waals surface area contributed by atoms with Gasteiger partial charge in [-0.15, -0.1) is 0 Å². The van der Waals surface area contributed by atoms with Gasteiger partial charge in [0.15, 0.2) is 0 Å². The Hall–Kier alpha value is -2.27. The summed E-state index contributed by atoms with van der Waals surface area (Å²) in [7, 11) is 0. The first kappa shape index (κ1) is 10.3. The SMILES string of the molecule is Cc1ccoc1/C=C(/C#N)c1ccccc1. The van der Waals surface area contributed by atoms with Crippen molar-refractivity contribution in [3.8, 4) is 6.07 Å². The Balaban J connectivity index is 2.43. The number of rotatable bonds is 2. The smallest absolute Gasteiger partial charge is 0.130 e. The molecule has 0 radical (unpaired) electrons. The lowest BCUT2D eigenvalue weighted by atomic mass is 10.1. The molecule has 0 N–H and O–H groups in total. The van der Waals surface area contributed by atoms with Crippen molar-refractivity contribution in [1.29, 1.82) is 5.26 Å². The fourth-order valence-electron chi connectivity index (χ4n) is 1.46. The molecule has 0 amide bonds. The molecular weight excluding hydrogens is 198 g/mol. The molecule has 0 saturated carbocycles. The number of allylic oxidation sites excluding steroid dienone is 1. The molecule has 0 aliphatic rings. The molecular formula is C14H11NO. The summed E-state index contributed by atoms with van der Waals surface area (Å²) in [4.78, 5) is 0. The number of benzene rings is 1. The molecule has 2 heteroatoms. The second-order valence-corrected chi connectivity index (χ2v) is 3.50. The zero-order valence-corrected chi connectivity index (χ0v) is 8.97. The highest BCUT2D eigenvalue weighted by Crippen LogP contribution is 2.19. The molecule has 2 nitrogen and oxygen atoms in total. The van der Waals surface area contributed by atoms with Crippen molar-refractivity contribution in [1.82, 2.24) is 0 Å². The zero-order valence-electron chi connectivity index (χ0n) is 8.97. The minimum absolute atomic E-state index is 0.610. The second kappa shape index (κ2) is 4.50. The Labute approximate surface area is 94.4 Å². The fourth-order valence-corrected chi connectivity index (χ4v) is 1.46. The Bertz CT molecular complexity index is 544. The van der Waals surface area contributed by atoms with Crippen molar-refractivity contribution in [2.75, 3.05) is 0 Å². The van der Waals surface area contributed by atoms with E-state index in [-0.39, 0.29) is 0 Å². The van der Waals surface area contributed by atoms with Crippen molar-refractivity contribution in [3.63, 3.8) is 0 Å². The quantitative estimate of drug-likeness (QED) is 0.708. The summed E-state index contributed by atoms with van der Waals surface area (Å²) in [5.74, 6) is 0.736. The van der Waals surface area contributed by atoms with Gasteiger partial charge in [-0.25, -0.2) is 0 Å². The minimum atomic E-state index is 0.610. The summed E-state index contributed by atoms with van der Waals surface area (Å²) in [5, 5.41) is 9.11. The summed E-state index contributed by atoms with van der Waals surface area (Å²) < 4.78 is 5.29. The standard InChI is InChI=1S/C14H11NO/c1-11-7-8-16-14(11)9-13(10-15)12-5-3-2-4-6-12/h2-9H,1H3/b13-9-. The van der Waals surface area contributed by atoms with Gasteiger partial charge in [-0.2, -0.15) is 5.26 Å². The highest BCUT2D eigenvalue weighted by molar-refractivity contribution is 5.88. The van der Waals surface area contributed by atoms with Crippen LogP contribution < -0.4 is 0 Å². The normalized spacial score (nSPS) is 11.1. The number of furan rings is 1. The summed E-state index contributed by atoms with van der Waals surface area (Å²) >= 11 is 0. The predicted octanol–water partition coefficient (Wildman–Crippen LogP) is 3.65. The largest absolute Gasteiger partial charge is 0.465 e. The van der Waals surface area contributed by atoms with Gasteiger partial charge >= 0.3 is 0 Å². The van der Waals surface area contributed by atoms with E-state index in [0.29, 0.717) is 5.57 Å². The van der Waals surface area contributed by atoms with Gasteiger partial charge in [0, 0.05) is 0 Å². The molecule has 78 valence electrons. The van der Waals surface area contributed by atoms with E-state index in [1.807, 2.05) is 43.3 Å². The van der Waals surface area contributed by atoms with E-state index in [4.69, 9.17) is 9.68 Å². The third kappa shape index (κ3) is 2.04. The number of hydrogen-bond acceptors (Lipinski definition) is 2. The average molecular weight is 209 g/mol. The van der Waals surface area contributed by atoms with Gasteiger partial charge in [0.25, 0.3) is 0 Å². The summed E-state index contributed by atoms with van der Waals surface area (Å²) in [6.45, 7) is 1.95. The van der Waals surface area contributed by atoms with E-state index >= 15 is 0 Å². The van der Waals surface area contributed by atoms with Crippen LogP contribution in [0.3, 0.4) is 0 Å². The predicted molar refractivity (Wildman–Crippen MR) is 63.4 cm³/mol. The second-order valence-electron chi connectivity index (χ2n) is 3.50. The molecule has 0 aliphatic heterocycles. The van der Waals surface area contributed by atoms with Crippen molar-refractivity contribution in [2.24, 2.45) is 0 Å². The van der Waals surface area contributed by atoms with Gasteiger partial charge in [-0.05, 0) is 30.2 Å². The lowest BCUT2D eigenvalue weighted by molar-refractivity contribution is 0.555. The molecule has 0 fully saturated rings. The molecule has 0 aliphatic carbocycles. The molecule has 2 rings (SSSR count). The average Bonchev–Trinajstić information content (AvgIpc) is 2.73. The van der Waals surface area contributed by atoms with Crippen molar-refractivity contribution in [2.45, 2.75) is 6.92 Å². The van der Waals surface area contributed by atoms with Crippen molar-refractivity contribution < 1.29 is 4.42 Å². The molecule has 0 saturated heterocycles. The summed E-state index contributed by atoms with van der Waals surface area (Å²) in [6, 6.07) is 13.6. The lowest BCUT2D eigenvalue weighted by Gasteiger charge is -1.97.